The Hall–Kier alpha value is -1.75. The number of pyridine rings is 1. The van der Waals surface area contributed by atoms with Crippen LogP contribution in [0.5, 0.6) is 0 Å². The molecule has 6 heteroatoms. The summed E-state index contributed by atoms with van der Waals surface area (Å²) in [4.78, 5) is 14.8. The van der Waals surface area contributed by atoms with Gasteiger partial charge in [0.2, 0.25) is 0 Å². The lowest BCUT2D eigenvalue weighted by Crippen LogP contribution is -2.04. The third-order valence-corrected chi connectivity index (χ3v) is 3.10. The van der Waals surface area contributed by atoms with E-state index in [1.54, 1.807) is 0 Å². The van der Waals surface area contributed by atoms with Gasteiger partial charge in [0, 0.05) is 5.39 Å². The molecular weight excluding hydrogens is 271 g/mol. The van der Waals surface area contributed by atoms with Gasteiger partial charge in [0.25, 0.3) is 0 Å². The van der Waals surface area contributed by atoms with Gasteiger partial charge in [-0.2, -0.15) is 0 Å². The van der Waals surface area contributed by atoms with Gasteiger partial charge >= 0.3 is 5.69 Å². The van der Waals surface area contributed by atoms with Crippen molar-refractivity contribution in [1.29, 1.82) is 0 Å². The number of benzene rings is 1. The fourth-order valence-electron chi connectivity index (χ4n) is 1.95. The molecule has 0 atom stereocenters. The molecule has 0 saturated carbocycles. The van der Waals surface area contributed by atoms with E-state index < -0.39 is 10.7 Å². The first-order valence-corrected chi connectivity index (χ1v) is 6.20. The topological polar surface area (TPSA) is 56.0 Å². The van der Waals surface area contributed by atoms with Crippen LogP contribution in [0.4, 0.5) is 10.1 Å². The predicted molar refractivity (Wildman–Crippen MR) is 71.9 cm³/mol. The van der Waals surface area contributed by atoms with Gasteiger partial charge in [-0.1, -0.05) is 25.4 Å². The molecule has 4 nitrogen and oxygen atoms in total. The summed E-state index contributed by atoms with van der Waals surface area (Å²) < 4.78 is 13.2. The first kappa shape index (κ1) is 13.7. The first-order valence-electron chi connectivity index (χ1n) is 5.82. The summed E-state index contributed by atoms with van der Waals surface area (Å²) in [6.07, 6.45) is 0.448. The fourth-order valence-corrected chi connectivity index (χ4v) is 2.28. The van der Waals surface area contributed by atoms with E-state index in [1.165, 1.54) is 12.1 Å². The third kappa shape index (κ3) is 2.66. The highest BCUT2D eigenvalue weighted by Gasteiger charge is 2.24. The number of nitrogens with zero attached hydrogens (tertiary/aromatic N) is 2. The van der Waals surface area contributed by atoms with E-state index in [-0.39, 0.29) is 22.0 Å². The highest BCUT2D eigenvalue weighted by molar-refractivity contribution is 6.37. The lowest BCUT2D eigenvalue weighted by atomic mass is 10.0. The summed E-state index contributed by atoms with van der Waals surface area (Å²) >= 11 is 6.05. The predicted octanol–water partition coefficient (Wildman–Crippen LogP) is 4.13. The summed E-state index contributed by atoms with van der Waals surface area (Å²) in [5, 5.41) is 11.4. The molecule has 0 N–H and O–H groups in total. The normalized spacial score (nSPS) is 11.2. The molecule has 0 radical (unpaired) electrons. The van der Waals surface area contributed by atoms with Crippen LogP contribution in [0.15, 0.2) is 18.2 Å². The van der Waals surface area contributed by atoms with Gasteiger partial charge in [0.1, 0.15) is 16.5 Å². The minimum absolute atomic E-state index is 0.0508. The quantitative estimate of drug-likeness (QED) is 0.628. The highest BCUT2D eigenvalue weighted by Crippen LogP contribution is 2.35. The molecule has 0 aliphatic heterocycles. The van der Waals surface area contributed by atoms with E-state index in [4.69, 9.17) is 11.6 Å². The van der Waals surface area contributed by atoms with Gasteiger partial charge in [-0.15, -0.1) is 0 Å². The number of halogens is 2. The smallest absolute Gasteiger partial charge is 0.258 e. The molecule has 0 aliphatic carbocycles. The SMILES string of the molecule is CC(C)Cc1nc2ccc(F)cc2c(Cl)c1[N+](=O)[O-]. The second-order valence-corrected chi connectivity index (χ2v) is 5.12. The zero-order chi connectivity index (χ0) is 14.2. The second-order valence-electron chi connectivity index (χ2n) is 4.74. The molecule has 0 amide bonds. The highest BCUT2D eigenvalue weighted by atomic mass is 35.5. The standard InChI is InChI=1S/C13H12ClFN2O2/c1-7(2)5-11-13(17(18)19)12(14)9-6-8(15)3-4-10(9)16-11/h3-4,6-7H,5H2,1-2H3. The molecule has 0 fully saturated rings. The molecule has 19 heavy (non-hydrogen) atoms. The zero-order valence-electron chi connectivity index (χ0n) is 10.5. The molecular formula is C13H12ClFN2O2. The fraction of sp³-hybridized carbons (Fsp3) is 0.308. The van der Waals surface area contributed by atoms with Crippen LogP contribution in [0.25, 0.3) is 10.9 Å². The summed E-state index contributed by atoms with van der Waals surface area (Å²) in [5.74, 6) is -0.290. The average molecular weight is 283 g/mol. The number of hydrogen-bond acceptors (Lipinski definition) is 3. The molecule has 0 spiro atoms. The Morgan fingerprint density at radius 3 is 2.74 bits per heavy atom. The van der Waals surface area contributed by atoms with Crippen molar-refractivity contribution in [3.63, 3.8) is 0 Å². The van der Waals surface area contributed by atoms with Crippen LogP contribution < -0.4 is 0 Å². The van der Waals surface area contributed by atoms with Crippen molar-refractivity contribution < 1.29 is 9.31 Å². The van der Waals surface area contributed by atoms with E-state index in [2.05, 4.69) is 4.98 Å². The van der Waals surface area contributed by atoms with Crippen molar-refractivity contribution in [2.75, 3.05) is 0 Å². The molecule has 0 saturated heterocycles. The average Bonchev–Trinajstić information content (AvgIpc) is 2.29. The Balaban J connectivity index is 2.77. The molecule has 1 heterocycles. The molecule has 0 unspecified atom stereocenters. The first-order chi connectivity index (χ1) is 8.90. The summed E-state index contributed by atoms with van der Waals surface area (Å²) in [6, 6.07) is 3.90. The minimum atomic E-state index is -0.558. The Kier molecular flexibility index (Phi) is 3.66. The van der Waals surface area contributed by atoms with Crippen molar-refractivity contribution in [3.8, 4) is 0 Å². The second kappa shape index (κ2) is 5.09. The molecule has 1 aromatic heterocycles. The van der Waals surface area contributed by atoms with Crippen molar-refractivity contribution in [3.05, 3.63) is 44.8 Å². The van der Waals surface area contributed by atoms with Crippen LogP contribution >= 0.6 is 11.6 Å². The van der Waals surface area contributed by atoms with E-state index in [9.17, 15) is 14.5 Å². The Labute approximate surface area is 114 Å². The van der Waals surface area contributed by atoms with Gasteiger partial charge in [-0.25, -0.2) is 9.37 Å². The lowest BCUT2D eigenvalue weighted by Gasteiger charge is -2.09. The Morgan fingerprint density at radius 2 is 2.16 bits per heavy atom. The van der Waals surface area contributed by atoms with Crippen LogP contribution in [-0.4, -0.2) is 9.91 Å². The van der Waals surface area contributed by atoms with Crippen LogP contribution in [0.2, 0.25) is 5.02 Å². The van der Waals surface area contributed by atoms with Crippen molar-refractivity contribution >= 4 is 28.2 Å². The molecule has 0 aliphatic rings. The minimum Gasteiger partial charge on any atom is -0.258 e. The van der Waals surface area contributed by atoms with Crippen LogP contribution in [0, 0.1) is 21.8 Å². The van der Waals surface area contributed by atoms with Crippen LogP contribution in [0.3, 0.4) is 0 Å². The number of fused-ring (bicyclic) bond motifs is 1. The van der Waals surface area contributed by atoms with Crippen molar-refractivity contribution in [2.24, 2.45) is 5.92 Å². The van der Waals surface area contributed by atoms with Gasteiger partial charge in [-0.3, -0.25) is 10.1 Å². The van der Waals surface area contributed by atoms with E-state index in [0.29, 0.717) is 17.6 Å². The summed E-state index contributed by atoms with van der Waals surface area (Å²) in [5.41, 5.74) is 0.574. The number of rotatable bonds is 3. The maximum atomic E-state index is 13.2. The van der Waals surface area contributed by atoms with E-state index in [1.807, 2.05) is 13.8 Å². The Bertz CT molecular complexity index is 659. The number of hydrogen-bond donors (Lipinski definition) is 0. The van der Waals surface area contributed by atoms with E-state index in [0.717, 1.165) is 6.07 Å². The summed E-state index contributed by atoms with van der Waals surface area (Å²) in [6.45, 7) is 3.88. The van der Waals surface area contributed by atoms with Crippen molar-refractivity contribution in [2.45, 2.75) is 20.3 Å². The summed E-state index contributed by atoms with van der Waals surface area (Å²) in [7, 11) is 0. The van der Waals surface area contributed by atoms with Crippen LogP contribution in [-0.2, 0) is 6.42 Å². The van der Waals surface area contributed by atoms with Gasteiger partial charge in [0.05, 0.1) is 10.4 Å². The van der Waals surface area contributed by atoms with Gasteiger partial charge in [0.15, 0.2) is 0 Å². The Morgan fingerprint density at radius 1 is 1.47 bits per heavy atom. The van der Waals surface area contributed by atoms with Gasteiger partial charge in [-0.05, 0) is 30.5 Å². The molecule has 2 aromatic rings. The van der Waals surface area contributed by atoms with Gasteiger partial charge < -0.3 is 0 Å². The maximum absolute atomic E-state index is 13.2. The lowest BCUT2D eigenvalue weighted by molar-refractivity contribution is -0.385. The van der Waals surface area contributed by atoms with Crippen LogP contribution in [0.1, 0.15) is 19.5 Å². The number of nitro groups is 1. The maximum Gasteiger partial charge on any atom is 0.309 e. The largest absolute Gasteiger partial charge is 0.309 e. The molecule has 100 valence electrons. The van der Waals surface area contributed by atoms with Crippen molar-refractivity contribution in [1.82, 2.24) is 4.98 Å². The molecule has 0 bridgehead atoms. The molecule has 1 aromatic carbocycles. The molecule has 2 rings (SSSR count). The zero-order valence-corrected chi connectivity index (χ0v) is 11.2. The van der Waals surface area contributed by atoms with E-state index >= 15 is 0 Å². The third-order valence-electron chi connectivity index (χ3n) is 2.72. The monoisotopic (exact) mass is 282 g/mol. The number of aromatic nitrogens is 1.